The Kier molecular flexibility index (Phi) is 5.96. The first-order valence-electron chi connectivity index (χ1n) is 8.56. The molecule has 144 valence electrons. The molecule has 0 radical (unpaired) electrons. The van der Waals surface area contributed by atoms with Crippen LogP contribution >= 0.6 is 0 Å². The number of nitrogens with one attached hydrogen (secondary N) is 1. The summed E-state index contributed by atoms with van der Waals surface area (Å²) in [5.74, 6) is 1.42. The van der Waals surface area contributed by atoms with Crippen LogP contribution in [0.1, 0.15) is 11.1 Å². The second kappa shape index (κ2) is 8.77. The van der Waals surface area contributed by atoms with Gasteiger partial charge in [-0.15, -0.1) is 0 Å². The molecule has 28 heavy (non-hydrogen) atoms. The summed E-state index contributed by atoms with van der Waals surface area (Å²) in [5.41, 5.74) is 1.95. The molecule has 0 aliphatic carbocycles. The van der Waals surface area contributed by atoms with Crippen LogP contribution in [0.25, 0.3) is 0 Å². The lowest BCUT2D eigenvalue weighted by Crippen LogP contribution is -2.01. The number of ether oxygens (including phenoxy) is 2. The molecule has 0 fully saturated rings. The fraction of sp³-hybridized carbons (Fsp3) is 0.143. The maximum absolute atomic E-state index is 10.4. The van der Waals surface area contributed by atoms with Crippen molar-refractivity contribution < 1.29 is 19.7 Å². The number of anilines is 1. The van der Waals surface area contributed by atoms with E-state index in [0.29, 0.717) is 29.3 Å². The first kappa shape index (κ1) is 19.0. The van der Waals surface area contributed by atoms with E-state index in [-0.39, 0.29) is 11.5 Å². The van der Waals surface area contributed by atoms with E-state index in [2.05, 4.69) is 15.3 Å². The van der Waals surface area contributed by atoms with E-state index in [1.54, 1.807) is 36.7 Å². The van der Waals surface area contributed by atoms with Crippen LogP contribution in [0, 0.1) is 0 Å². The second-order valence-corrected chi connectivity index (χ2v) is 5.92. The summed E-state index contributed by atoms with van der Waals surface area (Å²) in [6.07, 6.45) is 3.29. The minimum atomic E-state index is -0.0499. The Morgan fingerprint density at radius 2 is 1.86 bits per heavy atom. The molecule has 3 aromatic rings. The molecular weight excluding hydrogens is 358 g/mol. The minimum Gasteiger partial charge on any atom is -0.504 e. The van der Waals surface area contributed by atoms with Crippen molar-refractivity contribution in [1.29, 1.82) is 0 Å². The molecular formula is C21H21N3O4. The zero-order chi connectivity index (χ0) is 19.9. The number of nitrogens with zero attached hydrogens (tertiary/aromatic N) is 2. The molecule has 2 aromatic carbocycles. The van der Waals surface area contributed by atoms with Crippen molar-refractivity contribution in [1.82, 2.24) is 4.98 Å². The van der Waals surface area contributed by atoms with Crippen LogP contribution in [0.3, 0.4) is 0 Å². The molecule has 0 spiro atoms. The summed E-state index contributed by atoms with van der Waals surface area (Å²) in [7, 11) is 2.97. The molecule has 0 atom stereocenters. The van der Waals surface area contributed by atoms with Crippen molar-refractivity contribution in [2.24, 2.45) is 4.99 Å². The first-order chi connectivity index (χ1) is 13.6. The lowest BCUT2D eigenvalue weighted by atomic mass is 10.1. The lowest BCUT2D eigenvalue weighted by molar-refractivity contribution is 0.373. The van der Waals surface area contributed by atoms with Crippen molar-refractivity contribution in [3.8, 4) is 23.0 Å². The number of pyridine rings is 1. The molecule has 0 bridgehead atoms. The summed E-state index contributed by atoms with van der Waals surface area (Å²) < 4.78 is 10.4. The third kappa shape index (κ3) is 4.50. The van der Waals surface area contributed by atoms with Gasteiger partial charge in [-0.2, -0.15) is 0 Å². The maximum Gasteiger partial charge on any atom is 0.183 e. The van der Waals surface area contributed by atoms with Crippen LogP contribution in [0.4, 0.5) is 11.5 Å². The van der Waals surface area contributed by atoms with Crippen LogP contribution in [0.5, 0.6) is 23.0 Å². The number of rotatable bonds is 7. The maximum atomic E-state index is 10.4. The van der Waals surface area contributed by atoms with Gasteiger partial charge in [0.15, 0.2) is 23.0 Å². The SMILES string of the molecule is COc1cc(C=Nc2cc(CNc3ccccn3)cc(OC)c2O)ccc1O. The first-order valence-corrected chi connectivity index (χ1v) is 8.56. The smallest absolute Gasteiger partial charge is 0.183 e. The van der Waals surface area contributed by atoms with E-state index in [4.69, 9.17) is 9.47 Å². The van der Waals surface area contributed by atoms with Crippen molar-refractivity contribution in [2.45, 2.75) is 6.54 Å². The summed E-state index contributed by atoms with van der Waals surface area (Å²) in [6, 6.07) is 14.0. The Bertz CT molecular complexity index is 975. The topological polar surface area (TPSA) is 96.2 Å². The Hall–Kier alpha value is -3.74. The van der Waals surface area contributed by atoms with Gasteiger partial charge in [-0.25, -0.2) is 4.98 Å². The highest BCUT2D eigenvalue weighted by Crippen LogP contribution is 2.37. The van der Waals surface area contributed by atoms with Crippen LogP contribution in [-0.2, 0) is 6.54 Å². The number of aromatic nitrogens is 1. The number of phenols is 2. The van der Waals surface area contributed by atoms with Gasteiger partial charge in [0.2, 0.25) is 0 Å². The average molecular weight is 379 g/mol. The van der Waals surface area contributed by atoms with E-state index in [1.807, 2.05) is 18.2 Å². The third-order valence-electron chi connectivity index (χ3n) is 4.03. The minimum absolute atomic E-state index is 0.0479. The van der Waals surface area contributed by atoms with Crippen LogP contribution in [0.2, 0.25) is 0 Å². The number of aliphatic imine (C=N–C) groups is 1. The molecule has 1 aromatic heterocycles. The van der Waals surface area contributed by atoms with Crippen LogP contribution in [0.15, 0.2) is 59.7 Å². The predicted molar refractivity (Wildman–Crippen MR) is 108 cm³/mol. The summed E-state index contributed by atoms with van der Waals surface area (Å²) in [4.78, 5) is 8.59. The van der Waals surface area contributed by atoms with E-state index in [9.17, 15) is 10.2 Å². The molecule has 0 aliphatic heterocycles. The summed E-state index contributed by atoms with van der Waals surface area (Å²) >= 11 is 0. The van der Waals surface area contributed by atoms with Gasteiger partial charge in [0.05, 0.1) is 14.2 Å². The summed E-state index contributed by atoms with van der Waals surface area (Å²) in [5, 5.41) is 23.3. The zero-order valence-corrected chi connectivity index (χ0v) is 15.6. The second-order valence-electron chi connectivity index (χ2n) is 5.92. The number of phenolic OH excluding ortho intramolecular Hbond substituents is 2. The van der Waals surface area contributed by atoms with Crippen molar-refractivity contribution >= 4 is 17.7 Å². The fourth-order valence-corrected chi connectivity index (χ4v) is 2.58. The average Bonchev–Trinajstić information content (AvgIpc) is 2.73. The zero-order valence-electron chi connectivity index (χ0n) is 15.6. The molecule has 0 saturated heterocycles. The normalized spacial score (nSPS) is 10.8. The largest absolute Gasteiger partial charge is 0.504 e. The molecule has 0 aliphatic rings. The number of hydrogen-bond donors (Lipinski definition) is 3. The van der Waals surface area contributed by atoms with Gasteiger partial charge in [0, 0.05) is 19.0 Å². The van der Waals surface area contributed by atoms with Crippen molar-refractivity contribution in [2.75, 3.05) is 19.5 Å². The van der Waals surface area contributed by atoms with Crippen molar-refractivity contribution in [3.63, 3.8) is 0 Å². The molecule has 0 amide bonds. The van der Waals surface area contributed by atoms with Crippen molar-refractivity contribution in [3.05, 3.63) is 65.9 Å². The number of aromatic hydroxyl groups is 2. The van der Waals surface area contributed by atoms with Crippen LogP contribution < -0.4 is 14.8 Å². The summed E-state index contributed by atoms with van der Waals surface area (Å²) in [6.45, 7) is 0.489. The molecule has 1 heterocycles. The van der Waals surface area contributed by atoms with Gasteiger partial charge in [-0.3, -0.25) is 4.99 Å². The molecule has 3 N–H and O–H groups in total. The highest BCUT2D eigenvalue weighted by atomic mass is 16.5. The molecule has 3 rings (SSSR count). The van der Waals surface area contributed by atoms with E-state index < -0.39 is 0 Å². The molecule has 0 unspecified atom stereocenters. The lowest BCUT2D eigenvalue weighted by Gasteiger charge is -2.11. The van der Waals surface area contributed by atoms with Gasteiger partial charge in [-0.05, 0) is 53.6 Å². The quantitative estimate of drug-likeness (QED) is 0.539. The Balaban J connectivity index is 1.85. The third-order valence-corrected chi connectivity index (χ3v) is 4.03. The van der Waals surface area contributed by atoms with Gasteiger partial charge in [0.25, 0.3) is 0 Å². The number of hydrogen-bond acceptors (Lipinski definition) is 7. The van der Waals surface area contributed by atoms with Crippen LogP contribution in [-0.4, -0.2) is 35.6 Å². The van der Waals surface area contributed by atoms with Gasteiger partial charge in [-0.1, -0.05) is 6.07 Å². The van der Waals surface area contributed by atoms with Gasteiger partial charge in [0.1, 0.15) is 11.5 Å². The fourth-order valence-electron chi connectivity index (χ4n) is 2.58. The van der Waals surface area contributed by atoms with E-state index in [0.717, 1.165) is 11.4 Å². The number of methoxy groups -OCH3 is 2. The predicted octanol–water partition coefficient (Wildman–Crippen LogP) is 3.87. The van der Waals surface area contributed by atoms with E-state index >= 15 is 0 Å². The standard InChI is InChI=1S/C21H21N3O4/c1-27-18-10-14(6-7-17(18)25)12-23-16-9-15(11-19(28-2)21(16)26)13-24-20-5-3-4-8-22-20/h3-12,25-26H,13H2,1-2H3,(H,22,24). The molecule has 0 saturated carbocycles. The Morgan fingerprint density at radius 1 is 1.04 bits per heavy atom. The van der Waals surface area contributed by atoms with Gasteiger partial charge >= 0.3 is 0 Å². The Morgan fingerprint density at radius 3 is 2.57 bits per heavy atom. The molecule has 7 nitrogen and oxygen atoms in total. The molecule has 7 heteroatoms. The Labute approximate surface area is 162 Å². The monoisotopic (exact) mass is 379 g/mol. The van der Waals surface area contributed by atoms with E-state index in [1.165, 1.54) is 20.3 Å². The van der Waals surface area contributed by atoms with Gasteiger partial charge < -0.3 is 25.0 Å². The highest BCUT2D eigenvalue weighted by Gasteiger charge is 2.10. The highest BCUT2D eigenvalue weighted by molar-refractivity contribution is 5.84. The number of benzene rings is 2.